The van der Waals surface area contributed by atoms with E-state index in [-0.39, 0.29) is 6.79 Å². The summed E-state index contributed by atoms with van der Waals surface area (Å²) in [4.78, 5) is 0. The van der Waals surface area contributed by atoms with Crippen molar-refractivity contribution in [2.75, 3.05) is 24.4 Å². The highest BCUT2D eigenvalue weighted by Gasteiger charge is 2.13. The van der Waals surface area contributed by atoms with Crippen LogP contribution in [0.15, 0.2) is 42.5 Å². The molecule has 1 aliphatic rings. The van der Waals surface area contributed by atoms with Gasteiger partial charge in [-0.25, -0.2) is 0 Å². The van der Waals surface area contributed by atoms with E-state index in [1.165, 1.54) is 5.56 Å². The Balaban J connectivity index is 1.34. The summed E-state index contributed by atoms with van der Waals surface area (Å²) in [7, 11) is 0. The van der Waals surface area contributed by atoms with Gasteiger partial charge in [0.05, 0.1) is 0 Å². The lowest BCUT2D eigenvalue weighted by Crippen LogP contribution is -2.30. The van der Waals surface area contributed by atoms with Crippen molar-refractivity contribution in [1.82, 2.24) is 5.32 Å². The first-order valence-corrected chi connectivity index (χ1v) is 9.41. The molecule has 0 radical (unpaired) electrons. The van der Waals surface area contributed by atoms with Gasteiger partial charge in [0, 0.05) is 34.8 Å². The quantitative estimate of drug-likeness (QED) is 0.575. The third-order valence-corrected chi connectivity index (χ3v) is 4.87. The van der Waals surface area contributed by atoms with Crippen LogP contribution in [-0.2, 0) is 5.75 Å². The van der Waals surface area contributed by atoms with Crippen molar-refractivity contribution in [1.29, 1.82) is 0 Å². The molecule has 0 spiro atoms. The van der Waals surface area contributed by atoms with E-state index < -0.39 is 0 Å². The smallest absolute Gasteiger partial charge is 0.231 e. The molecule has 1 aliphatic heterocycles. The van der Waals surface area contributed by atoms with Crippen LogP contribution in [0.5, 0.6) is 11.5 Å². The monoisotopic (exact) mass is 380 g/mol. The summed E-state index contributed by atoms with van der Waals surface area (Å²) in [6, 6.07) is 13.6. The Morgan fingerprint density at radius 2 is 1.92 bits per heavy atom. The van der Waals surface area contributed by atoms with Gasteiger partial charge in [-0.15, -0.1) is 0 Å². The third-order valence-electron chi connectivity index (χ3n) is 3.34. The first kappa shape index (κ1) is 17.2. The summed E-state index contributed by atoms with van der Waals surface area (Å²) >= 11 is 13.0. The zero-order valence-electron chi connectivity index (χ0n) is 12.9. The van der Waals surface area contributed by atoms with Crippen molar-refractivity contribution in [3.05, 3.63) is 53.1 Å². The van der Waals surface area contributed by atoms with Gasteiger partial charge >= 0.3 is 0 Å². The summed E-state index contributed by atoms with van der Waals surface area (Å²) in [5.74, 6) is 3.42. The van der Waals surface area contributed by atoms with Gasteiger partial charge in [0.25, 0.3) is 0 Å². The number of hydrogen-bond acceptors (Lipinski definition) is 4. The fraction of sp³-hybridized carbons (Fsp3) is 0.235. The molecule has 7 heteroatoms. The number of benzene rings is 2. The predicted molar refractivity (Wildman–Crippen MR) is 104 cm³/mol. The van der Waals surface area contributed by atoms with Crippen molar-refractivity contribution < 1.29 is 9.47 Å². The lowest BCUT2D eigenvalue weighted by atomic mass is 10.2. The van der Waals surface area contributed by atoms with Gasteiger partial charge in [0.1, 0.15) is 0 Å². The molecule has 24 heavy (non-hydrogen) atoms. The second kappa shape index (κ2) is 8.46. The zero-order valence-corrected chi connectivity index (χ0v) is 15.3. The van der Waals surface area contributed by atoms with E-state index in [0.29, 0.717) is 5.11 Å². The Morgan fingerprint density at radius 1 is 1.12 bits per heavy atom. The Morgan fingerprint density at radius 3 is 2.75 bits per heavy atom. The lowest BCUT2D eigenvalue weighted by molar-refractivity contribution is 0.174. The van der Waals surface area contributed by atoms with Crippen LogP contribution in [0, 0.1) is 0 Å². The van der Waals surface area contributed by atoms with Crippen LogP contribution < -0.4 is 20.1 Å². The third kappa shape index (κ3) is 4.93. The van der Waals surface area contributed by atoms with Crippen molar-refractivity contribution >= 4 is 46.4 Å². The van der Waals surface area contributed by atoms with E-state index in [1.807, 2.05) is 42.1 Å². The molecule has 1 heterocycles. The number of ether oxygens (including phenoxy) is 2. The molecule has 2 aromatic rings. The maximum absolute atomic E-state index is 5.88. The van der Waals surface area contributed by atoms with Crippen LogP contribution in [0.2, 0.25) is 5.02 Å². The highest BCUT2D eigenvalue weighted by molar-refractivity contribution is 7.98. The standard InChI is InChI=1S/C17H17ClN2O2S2/c18-13-3-1-12(2-4-13)10-24-8-7-19-17(23)20-14-5-6-15-16(9-14)22-11-21-15/h1-6,9H,7-8,10-11H2,(H2,19,20,23). The first-order valence-electron chi connectivity index (χ1n) is 7.47. The fourth-order valence-electron chi connectivity index (χ4n) is 2.16. The van der Waals surface area contributed by atoms with Crippen LogP contribution in [0.3, 0.4) is 0 Å². The van der Waals surface area contributed by atoms with Crippen molar-refractivity contribution in [3.8, 4) is 11.5 Å². The van der Waals surface area contributed by atoms with Crippen molar-refractivity contribution in [2.45, 2.75) is 5.75 Å². The SMILES string of the molecule is S=C(NCCSCc1ccc(Cl)cc1)Nc1ccc2c(c1)OCO2. The van der Waals surface area contributed by atoms with Gasteiger partial charge in [-0.05, 0) is 42.0 Å². The van der Waals surface area contributed by atoms with Crippen LogP contribution in [0.25, 0.3) is 0 Å². The first-order chi connectivity index (χ1) is 11.7. The summed E-state index contributed by atoms with van der Waals surface area (Å²) < 4.78 is 10.6. The van der Waals surface area contributed by atoms with Gasteiger partial charge in [-0.3, -0.25) is 0 Å². The van der Waals surface area contributed by atoms with E-state index in [2.05, 4.69) is 22.8 Å². The van der Waals surface area contributed by atoms with Crippen LogP contribution in [0.1, 0.15) is 5.56 Å². The topological polar surface area (TPSA) is 42.5 Å². The number of nitrogens with one attached hydrogen (secondary N) is 2. The molecule has 0 fully saturated rings. The highest BCUT2D eigenvalue weighted by Crippen LogP contribution is 2.34. The van der Waals surface area contributed by atoms with E-state index in [9.17, 15) is 0 Å². The largest absolute Gasteiger partial charge is 0.454 e. The Hall–Kier alpha value is -1.63. The summed E-state index contributed by atoms with van der Waals surface area (Å²) in [5, 5.41) is 7.71. The van der Waals surface area contributed by atoms with E-state index in [4.69, 9.17) is 33.3 Å². The molecule has 2 aromatic carbocycles. The molecule has 0 saturated carbocycles. The zero-order chi connectivity index (χ0) is 16.8. The molecule has 0 unspecified atom stereocenters. The average Bonchev–Trinajstić information content (AvgIpc) is 3.04. The van der Waals surface area contributed by atoms with E-state index >= 15 is 0 Å². The second-order valence-corrected chi connectivity index (χ2v) is 7.08. The maximum atomic E-state index is 5.88. The summed E-state index contributed by atoms with van der Waals surface area (Å²) in [5.41, 5.74) is 2.15. The summed E-state index contributed by atoms with van der Waals surface area (Å²) in [6.07, 6.45) is 0. The van der Waals surface area contributed by atoms with Crippen LogP contribution >= 0.6 is 35.6 Å². The molecular formula is C17H17ClN2O2S2. The molecule has 0 aromatic heterocycles. The molecule has 2 N–H and O–H groups in total. The van der Waals surface area contributed by atoms with Gasteiger partial charge in [-0.2, -0.15) is 11.8 Å². The minimum Gasteiger partial charge on any atom is -0.454 e. The number of thiocarbonyl (C=S) groups is 1. The van der Waals surface area contributed by atoms with E-state index in [0.717, 1.165) is 40.3 Å². The number of hydrogen-bond donors (Lipinski definition) is 2. The maximum Gasteiger partial charge on any atom is 0.231 e. The second-order valence-electron chi connectivity index (χ2n) is 5.13. The molecule has 0 aliphatic carbocycles. The van der Waals surface area contributed by atoms with Crippen molar-refractivity contribution in [2.24, 2.45) is 0 Å². The normalized spacial score (nSPS) is 12.0. The molecule has 3 rings (SSSR count). The Bertz CT molecular complexity index is 710. The molecule has 0 bridgehead atoms. The van der Waals surface area contributed by atoms with Crippen molar-refractivity contribution in [3.63, 3.8) is 0 Å². The van der Waals surface area contributed by atoms with Gasteiger partial charge < -0.3 is 20.1 Å². The number of anilines is 1. The van der Waals surface area contributed by atoms with Gasteiger partial charge in [-0.1, -0.05) is 23.7 Å². The fourth-order valence-corrected chi connectivity index (χ4v) is 3.32. The van der Waals surface area contributed by atoms with Gasteiger partial charge in [0.2, 0.25) is 6.79 Å². The van der Waals surface area contributed by atoms with Gasteiger partial charge in [0.15, 0.2) is 16.6 Å². The molecule has 0 amide bonds. The minimum absolute atomic E-state index is 0.270. The van der Waals surface area contributed by atoms with Crippen LogP contribution in [-0.4, -0.2) is 24.2 Å². The molecule has 0 atom stereocenters. The average molecular weight is 381 g/mol. The molecule has 4 nitrogen and oxygen atoms in total. The Labute approximate surface area is 155 Å². The van der Waals surface area contributed by atoms with Crippen LogP contribution in [0.4, 0.5) is 5.69 Å². The molecule has 0 saturated heterocycles. The predicted octanol–water partition coefficient (Wildman–Crippen LogP) is 4.29. The van der Waals surface area contributed by atoms with E-state index in [1.54, 1.807) is 0 Å². The Kier molecular flexibility index (Phi) is 6.07. The molecular weight excluding hydrogens is 364 g/mol. The number of fused-ring (bicyclic) bond motifs is 1. The minimum atomic E-state index is 0.270. The number of thioether (sulfide) groups is 1. The molecule has 126 valence electrons. The number of halogens is 1. The highest BCUT2D eigenvalue weighted by atomic mass is 35.5. The lowest BCUT2D eigenvalue weighted by Gasteiger charge is -2.11. The summed E-state index contributed by atoms with van der Waals surface area (Å²) in [6.45, 7) is 1.07. The number of rotatable bonds is 6.